The largest absolute Gasteiger partial charge is 0.488 e. The Morgan fingerprint density at radius 1 is 1.31 bits per heavy atom. The first kappa shape index (κ1) is 20.4. The topological polar surface area (TPSA) is 46.1 Å². The molecule has 1 N–H and O–H groups in total. The monoisotopic (exact) mass is 369 g/mol. The number of ether oxygens (including phenoxy) is 2. The highest BCUT2D eigenvalue weighted by Gasteiger charge is 2.21. The van der Waals surface area contributed by atoms with Crippen molar-refractivity contribution in [3.05, 3.63) is 29.8 Å². The summed E-state index contributed by atoms with van der Waals surface area (Å²) in [5, 5.41) is 3.33. The number of halogens is 2. The van der Waals surface area contributed by atoms with Crippen molar-refractivity contribution in [2.24, 2.45) is 4.99 Å². The van der Waals surface area contributed by atoms with Crippen molar-refractivity contribution in [1.82, 2.24) is 10.2 Å². The molecule has 1 heterocycles. The molecule has 0 aromatic heterocycles. The minimum absolute atomic E-state index is 0.336. The summed E-state index contributed by atoms with van der Waals surface area (Å²) >= 11 is 0. The van der Waals surface area contributed by atoms with Crippen molar-refractivity contribution in [2.75, 3.05) is 32.8 Å². The van der Waals surface area contributed by atoms with Crippen LogP contribution in [0.1, 0.15) is 32.3 Å². The van der Waals surface area contributed by atoms with Crippen molar-refractivity contribution >= 4 is 5.96 Å². The summed E-state index contributed by atoms with van der Waals surface area (Å²) in [6, 6.07) is 7.16. The van der Waals surface area contributed by atoms with E-state index in [1.807, 2.05) is 19.9 Å². The summed E-state index contributed by atoms with van der Waals surface area (Å²) in [5.41, 5.74) is 0.927. The second kappa shape index (κ2) is 11.0. The van der Waals surface area contributed by atoms with Gasteiger partial charge in [0.1, 0.15) is 12.4 Å². The molecule has 1 saturated heterocycles. The van der Waals surface area contributed by atoms with E-state index in [1.165, 1.54) is 0 Å². The Balaban J connectivity index is 1.95. The Morgan fingerprint density at radius 3 is 2.73 bits per heavy atom. The summed E-state index contributed by atoms with van der Waals surface area (Å²) in [6.45, 7) is 7.31. The molecule has 2 rings (SSSR count). The van der Waals surface area contributed by atoms with Crippen LogP contribution >= 0.6 is 0 Å². The van der Waals surface area contributed by atoms with Gasteiger partial charge in [-0.15, -0.1) is 0 Å². The molecule has 0 radical (unpaired) electrons. The number of nitrogens with one attached hydrogen (secondary N) is 1. The number of likely N-dealkylation sites (tertiary alicyclic amines) is 1. The summed E-state index contributed by atoms with van der Waals surface area (Å²) in [4.78, 5) is 6.95. The summed E-state index contributed by atoms with van der Waals surface area (Å²) in [7, 11) is 0. The number of hydrogen-bond acceptors (Lipinski definition) is 3. The predicted octanol–water partition coefficient (Wildman–Crippen LogP) is 3.30. The maximum atomic E-state index is 12.3. The number of hydrogen-bond donors (Lipinski definition) is 1. The lowest BCUT2D eigenvalue weighted by Gasteiger charge is -2.34. The summed E-state index contributed by atoms with van der Waals surface area (Å²) < 4.78 is 35.3. The fourth-order valence-electron chi connectivity index (χ4n) is 2.95. The lowest BCUT2D eigenvalue weighted by atomic mass is 10.1. The molecule has 1 aliphatic heterocycles. The van der Waals surface area contributed by atoms with Crippen molar-refractivity contribution in [3.8, 4) is 5.75 Å². The average molecular weight is 369 g/mol. The first-order valence-corrected chi connectivity index (χ1v) is 9.27. The number of alkyl halides is 2. The van der Waals surface area contributed by atoms with Gasteiger partial charge in [0.25, 0.3) is 6.43 Å². The van der Waals surface area contributed by atoms with E-state index in [0.717, 1.165) is 50.6 Å². The zero-order valence-electron chi connectivity index (χ0n) is 15.6. The predicted molar refractivity (Wildman–Crippen MR) is 99.0 cm³/mol. The number of aliphatic imine (C=N–C) groups is 1. The Labute approximate surface area is 154 Å². The number of benzene rings is 1. The molecule has 0 saturated carbocycles. The van der Waals surface area contributed by atoms with E-state index in [-0.39, 0.29) is 0 Å². The Morgan fingerprint density at radius 2 is 2.08 bits per heavy atom. The van der Waals surface area contributed by atoms with Crippen LogP contribution in [0.25, 0.3) is 0 Å². The summed E-state index contributed by atoms with van der Waals surface area (Å²) in [5.74, 6) is 1.32. The molecule has 0 unspecified atom stereocenters. The van der Waals surface area contributed by atoms with Gasteiger partial charge in [0.15, 0.2) is 5.96 Å². The molecule has 1 aromatic rings. The van der Waals surface area contributed by atoms with Crippen LogP contribution in [0.4, 0.5) is 8.78 Å². The van der Waals surface area contributed by atoms with Crippen LogP contribution in [0.2, 0.25) is 0 Å². The van der Waals surface area contributed by atoms with Crippen LogP contribution in [0.3, 0.4) is 0 Å². The van der Waals surface area contributed by atoms with Gasteiger partial charge >= 0.3 is 0 Å². The minimum atomic E-state index is -2.48. The highest BCUT2D eigenvalue weighted by molar-refractivity contribution is 5.80. The van der Waals surface area contributed by atoms with Gasteiger partial charge < -0.3 is 19.7 Å². The number of nitrogens with zero attached hydrogens (tertiary/aromatic N) is 2. The zero-order valence-corrected chi connectivity index (χ0v) is 15.6. The van der Waals surface area contributed by atoms with Gasteiger partial charge in [-0.3, -0.25) is 0 Å². The molecular weight excluding hydrogens is 340 g/mol. The molecule has 0 spiro atoms. The van der Waals surface area contributed by atoms with Gasteiger partial charge in [0.2, 0.25) is 0 Å². The summed E-state index contributed by atoms with van der Waals surface area (Å²) in [6.07, 6.45) is -0.149. The SMILES string of the molecule is CCNC(=NCc1cccc(OCC(F)F)c1)N1CCC(OCC)CC1. The van der Waals surface area contributed by atoms with Crippen LogP contribution in [0, 0.1) is 0 Å². The van der Waals surface area contributed by atoms with Crippen molar-refractivity contribution in [3.63, 3.8) is 0 Å². The molecule has 0 aliphatic carbocycles. The van der Waals surface area contributed by atoms with E-state index in [4.69, 9.17) is 14.5 Å². The lowest BCUT2D eigenvalue weighted by molar-refractivity contribution is 0.0263. The smallest absolute Gasteiger partial charge is 0.272 e. The zero-order chi connectivity index (χ0) is 18.8. The van der Waals surface area contributed by atoms with Gasteiger partial charge in [0, 0.05) is 26.2 Å². The Kier molecular flexibility index (Phi) is 8.61. The van der Waals surface area contributed by atoms with Gasteiger partial charge in [-0.25, -0.2) is 13.8 Å². The van der Waals surface area contributed by atoms with Gasteiger partial charge in [-0.2, -0.15) is 0 Å². The van der Waals surface area contributed by atoms with E-state index in [0.29, 0.717) is 18.4 Å². The Hall–Kier alpha value is -1.89. The van der Waals surface area contributed by atoms with Gasteiger partial charge in [-0.1, -0.05) is 12.1 Å². The second-order valence-corrected chi connectivity index (χ2v) is 6.16. The third kappa shape index (κ3) is 6.78. The molecule has 146 valence electrons. The van der Waals surface area contributed by atoms with Crippen LogP contribution in [0.15, 0.2) is 29.3 Å². The molecule has 26 heavy (non-hydrogen) atoms. The van der Waals surface area contributed by atoms with E-state index in [2.05, 4.69) is 10.2 Å². The van der Waals surface area contributed by atoms with Crippen LogP contribution < -0.4 is 10.1 Å². The van der Waals surface area contributed by atoms with E-state index in [1.54, 1.807) is 18.2 Å². The molecule has 0 atom stereocenters. The van der Waals surface area contributed by atoms with Crippen molar-refractivity contribution in [2.45, 2.75) is 45.8 Å². The van der Waals surface area contributed by atoms with E-state index >= 15 is 0 Å². The standard InChI is InChI=1S/C19H29F2N3O2/c1-3-22-19(24-10-8-16(9-11-24)25-4-2)23-13-15-6-5-7-17(12-15)26-14-18(20)21/h5-7,12,16,18H,3-4,8-11,13-14H2,1-2H3,(H,22,23). The fraction of sp³-hybridized carbons (Fsp3) is 0.632. The van der Waals surface area contributed by atoms with Crippen LogP contribution in [-0.2, 0) is 11.3 Å². The highest BCUT2D eigenvalue weighted by Crippen LogP contribution is 2.16. The maximum absolute atomic E-state index is 12.3. The minimum Gasteiger partial charge on any atom is -0.488 e. The average Bonchev–Trinajstić information content (AvgIpc) is 2.65. The van der Waals surface area contributed by atoms with Crippen LogP contribution in [-0.4, -0.2) is 56.2 Å². The van der Waals surface area contributed by atoms with Crippen molar-refractivity contribution < 1.29 is 18.3 Å². The molecule has 1 aliphatic rings. The van der Waals surface area contributed by atoms with E-state index in [9.17, 15) is 8.78 Å². The quantitative estimate of drug-likeness (QED) is 0.564. The molecule has 0 amide bonds. The van der Waals surface area contributed by atoms with Gasteiger partial charge in [-0.05, 0) is 44.4 Å². The van der Waals surface area contributed by atoms with E-state index < -0.39 is 13.0 Å². The molecule has 0 bridgehead atoms. The van der Waals surface area contributed by atoms with Crippen LogP contribution in [0.5, 0.6) is 5.75 Å². The highest BCUT2D eigenvalue weighted by atomic mass is 19.3. The second-order valence-electron chi connectivity index (χ2n) is 6.16. The van der Waals surface area contributed by atoms with Gasteiger partial charge in [0.05, 0.1) is 12.6 Å². The molecule has 7 heteroatoms. The third-order valence-corrected chi connectivity index (χ3v) is 4.16. The number of piperidine rings is 1. The number of guanidine groups is 1. The Bertz CT molecular complexity index is 561. The molecule has 1 fully saturated rings. The number of rotatable bonds is 8. The molecule has 5 nitrogen and oxygen atoms in total. The molecule has 1 aromatic carbocycles. The van der Waals surface area contributed by atoms with Crippen molar-refractivity contribution in [1.29, 1.82) is 0 Å². The normalized spacial score (nSPS) is 16.2. The third-order valence-electron chi connectivity index (χ3n) is 4.16. The first-order chi connectivity index (χ1) is 12.6. The maximum Gasteiger partial charge on any atom is 0.272 e. The lowest BCUT2D eigenvalue weighted by Crippen LogP contribution is -2.47. The first-order valence-electron chi connectivity index (χ1n) is 9.27. The fourth-order valence-corrected chi connectivity index (χ4v) is 2.95. The molecular formula is C19H29F2N3O2.